The van der Waals surface area contributed by atoms with Gasteiger partial charge in [0, 0.05) is 29.1 Å². The number of rotatable bonds is 0. The lowest BCUT2D eigenvalue weighted by Gasteiger charge is -1.96. The normalized spacial score (nSPS) is 11.9. The first-order valence-corrected chi connectivity index (χ1v) is 8.65. The van der Waals surface area contributed by atoms with E-state index in [4.69, 9.17) is 0 Å². The van der Waals surface area contributed by atoms with Crippen molar-refractivity contribution in [1.82, 2.24) is 0 Å². The van der Waals surface area contributed by atoms with Crippen molar-refractivity contribution in [3.8, 4) is 0 Å². The van der Waals surface area contributed by atoms with Gasteiger partial charge in [-0.1, -0.05) is 50.1 Å². The maximum absolute atomic E-state index is 3.69. The standard InChI is InChI=1S/C14H6Br2S2/c15-7-5-9(16)12-11(6-7)18-13-8-3-1-2-4-10(8)17-14(12)13/h1-6H. The van der Waals surface area contributed by atoms with Crippen LogP contribution in [0, 0.1) is 0 Å². The number of benzene rings is 2. The number of thiophene rings is 2. The lowest BCUT2D eigenvalue weighted by Crippen LogP contribution is -1.68. The van der Waals surface area contributed by atoms with Crippen LogP contribution in [0.5, 0.6) is 0 Å². The Kier molecular flexibility index (Phi) is 2.56. The van der Waals surface area contributed by atoms with Crippen molar-refractivity contribution in [3.05, 3.63) is 45.3 Å². The van der Waals surface area contributed by atoms with Gasteiger partial charge in [-0.05, 0) is 18.2 Å². The monoisotopic (exact) mass is 396 g/mol. The summed E-state index contributed by atoms with van der Waals surface area (Å²) in [5, 5.41) is 2.72. The highest BCUT2D eigenvalue weighted by molar-refractivity contribution is 9.11. The molecule has 0 saturated heterocycles. The predicted octanol–water partition coefficient (Wildman–Crippen LogP) is 6.79. The van der Waals surface area contributed by atoms with E-state index in [1.807, 2.05) is 22.7 Å². The highest BCUT2D eigenvalue weighted by Gasteiger charge is 2.14. The molecule has 0 bridgehead atoms. The van der Waals surface area contributed by atoms with Gasteiger partial charge >= 0.3 is 0 Å². The molecule has 0 N–H and O–H groups in total. The van der Waals surface area contributed by atoms with E-state index >= 15 is 0 Å². The Hall–Kier alpha value is -0.420. The van der Waals surface area contributed by atoms with Crippen molar-refractivity contribution in [2.24, 2.45) is 0 Å². The van der Waals surface area contributed by atoms with Crippen LogP contribution in [0.2, 0.25) is 0 Å². The third kappa shape index (κ3) is 1.53. The molecule has 0 radical (unpaired) electrons. The molecular formula is C14H6Br2S2. The molecule has 2 aromatic carbocycles. The van der Waals surface area contributed by atoms with Crippen molar-refractivity contribution in [1.29, 1.82) is 0 Å². The van der Waals surface area contributed by atoms with Crippen molar-refractivity contribution in [2.75, 3.05) is 0 Å². The van der Waals surface area contributed by atoms with Gasteiger partial charge < -0.3 is 0 Å². The quantitative estimate of drug-likeness (QED) is 0.306. The topological polar surface area (TPSA) is 0 Å². The summed E-state index contributed by atoms with van der Waals surface area (Å²) in [4.78, 5) is 0. The van der Waals surface area contributed by atoms with Gasteiger partial charge in [0.15, 0.2) is 0 Å². The molecule has 0 saturated carbocycles. The van der Waals surface area contributed by atoms with Crippen LogP contribution in [0.25, 0.3) is 29.6 Å². The van der Waals surface area contributed by atoms with Gasteiger partial charge in [-0.25, -0.2) is 0 Å². The number of fused-ring (bicyclic) bond motifs is 5. The molecule has 0 amide bonds. The molecule has 0 fully saturated rings. The summed E-state index contributed by atoms with van der Waals surface area (Å²) in [6, 6.07) is 13.0. The molecule has 4 aromatic rings. The fraction of sp³-hybridized carbons (Fsp3) is 0. The third-order valence-corrected chi connectivity index (χ3v) is 6.58. The molecule has 4 heteroatoms. The van der Waals surface area contributed by atoms with E-state index in [0.717, 1.165) is 4.47 Å². The van der Waals surface area contributed by atoms with Crippen LogP contribution in [-0.2, 0) is 0 Å². The number of hydrogen-bond acceptors (Lipinski definition) is 2. The van der Waals surface area contributed by atoms with Crippen LogP contribution in [0.3, 0.4) is 0 Å². The second kappa shape index (κ2) is 4.04. The van der Waals surface area contributed by atoms with Crippen LogP contribution in [-0.4, -0.2) is 0 Å². The number of halogens is 2. The number of hydrogen-bond donors (Lipinski definition) is 0. The van der Waals surface area contributed by atoms with Gasteiger partial charge in [0.05, 0.1) is 9.40 Å². The second-order valence-electron chi connectivity index (χ2n) is 4.12. The van der Waals surface area contributed by atoms with Crippen LogP contribution in [0.15, 0.2) is 45.3 Å². The maximum Gasteiger partial charge on any atom is 0.0553 e. The molecular weight excluding hydrogens is 392 g/mol. The summed E-state index contributed by atoms with van der Waals surface area (Å²) in [7, 11) is 0. The summed E-state index contributed by atoms with van der Waals surface area (Å²) in [6.45, 7) is 0. The van der Waals surface area contributed by atoms with Gasteiger partial charge in [-0.15, -0.1) is 22.7 Å². The Morgan fingerprint density at radius 2 is 1.61 bits per heavy atom. The van der Waals surface area contributed by atoms with Gasteiger partial charge in [0.25, 0.3) is 0 Å². The summed E-state index contributed by atoms with van der Waals surface area (Å²) in [6.07, 6.45) is 0. The van der Waals surface area contributed by atoms with Gasteiger partial charge in [-0.2, -0.15) is 0 Å². The predicted molar refractivity (Wildman–Crippen MR) is 90.1 cm³/mol. The SMILES string of the molecule is Brc1cc(Br)c2c(c1)sc1c3ccccc3sc12. The minimum atomic E-state index is 1.13. The Morgan fingerprint density at radius 3 is 2.50 bits per heavy atom. The van der Waals surface area contributed by atoms with Crippen molar-refractivity contribution < 1.29 is 0 Å². The van der Waals surface area contributed by atoms with E-state index < -0.39 is 0 Å². The summed E-state index contributed by atoms with van der Waals surface area (Å²) < 4.78 is 7.81. The molecule has 0 aliphatic heterocycles. The summed E-state index contributed by atoms with van der Waals surface area (Å²) >= 11 is 11.0. The van der Waals surface area contributed by atoms with Crippen LogP contribution in [0.4, 0.5) is 0 Å². The molecule has 2 heterocycles. The second-order valence-corrected chi connectivity index (χ2v) is 7.99. The lowest BCUT2D eigenvalue weighted by molar-refractivity contribution is 1.73. The summed E-state index contributed by atoms with van der Waals surface area (Å²) in [5.41, 5.74) is 0. The van der Waals surface area contributed by atoms with E-state index in [2.05, 4.69) is 68.3 Å². The maximum atomic E-state index is 3.69. The molecule has 0 aliphatic carbocycles. The Balaban J connectivity index is 2.31. The van der Waals surface area contributed by atoms with Crippen molar-refractivity contribution in [3.63, 3.8) is 0 Å². The van der Waals surface area contributed by atoms with Crippen molar-refractivity contribution in [2.45, 2.75) is 0 Å². The molecule has 2 aromatic heterocycles. The average molecular weight is 398 g/mol. The molecule has 0 nitrogen and oxygen atoms in total. The Morgan fingerprint density at radius 1 is 0.833 bits per heavy atom. The zero-order valence-corrected chi connectivity index (χ0v) is 13.8. The molecule has 0 unspecified atom stereocenters. The zero-order valence-electron chi connectivity index (χ0n) is 9.04. The van der Waals surface area contributed by atoms with Gasteiger partial charge in [-0.3, -0.25) is 0 Å². The molecule has 0 aliphatic rings. The minimum absolute atomic E-state index is 1.13. The summed E-state index contributed by atoms with van der Waals surface area (Å²) in [5.74, 6) is 0. The largest absolute Gasteiger partial charge is 0.134 e. The van der Waals surface area contributed by atoms with Crippen LogP contribution in [0.1, 0.15) is 0 Å². The van der Waals surface area contributed by atoms with E-state index in [1.54, 1.807) is 0 Å². The van der Waals surface area contributed by atoms with Crippen LogP contribution < -0.4 is 0 Å². The zero-order chi connectivity index (χ0) is 12.3. The minimum Gasteiger partial charge on any atom is -0.134 e. The van der Waals surface area contributed by atoms with Crippen molar-refractivity contribution >= 4 is 84.1 Å². The van der Waals surface area contributed by atoms with Gasteiger partial charge in [0.1, 0.15) is 0 Å². The van der Waals surface area contributed by atoms with E-state index in [-0.39, 0.29) is 0 Å². The average Bonchev–Trinajstić information content (AvgIpc) is 2.83. The highest BCUT2D eigenvalue weighted by Crippen LogP contribution is 2.47. The molecule has 0 spiro atoms. The smallest absolute Gasteiger partial charge is 0.0553 e. The molecule has 18 heavy (non-hydrogen) atoms. The van der Waals surface area contributed by atoms with Gasteiger partial charge in [0.2, 0.25) is 0 Å². The first-order valence-electron chi connectivity index (χ1n) is 5.43. The third-order valence-electron chi connectivity index (χ3n) is 3.01. The fourth-order valence-corrected chi connectivity index (χ4v) is 6.84. The first kappa shape index (κ1) is 11.4. The molecule has 0 atom stereocenters. The van der Waals surface area contributed by atoms with E-state index in [9.17, 15) is 0 Å². The first-order chi connectivity index (χ1) is 8.74. The Bertz CT molecular complexity index is 902. The Labute approximate surface area is 128 Å². The highest BCUT2D eigenvalue weighted by atomic mass is 79.9. The van der Waals surface area contributed by atoms with E-state index in [1.165, 1.54) is 34.0 Å². The van der Waals surface area contributed by atoms with Crippen LogP contribution >= 0.6 is 54.5 Å². The molecule has 4 rings (SSSR count). The fourth-order valence-electron chi connectivity index (χ4n) is 2.25. The lowest BCUT2D eigenvalue weighted by atomic mass is 10.2. The van der Waals surface area contributed by atoms with E-state index in [0.29, 0.717) is 0 Å². The molecule has 88 valence electrons.